The zero-order valence-corrected chi connectivity index (χ0v) is 7.56. The summed E-state index contributed by atoms with van der Waals surface area (Å²) in [6.45, 7) is 2.55. The molecule has 2 heteroatoms. The molecule has 0 amide bonds. The van der Waals surface area contributed by atoms with Gasteiger partial charge in [0.05, 0.1) is 0 Å². The van der Waals surface area contributed by atoms with Crippen molar-refractivity contribution in [1.29, 1.82) is 0 Å². The molecule has 1 aliphatic carbocycles. The van der Waals surface area contributed by atoms with Crippen LogP contribution in [-0.2, 0) is 0 Å². The summed E-state index contributed by atoms with van der Waals surface area (Å²) in [6, 6.07) is 0. The van der Waals surface area contributed by atoms with Crippen LogP contribution in [0, 0.1) is 5.92 Å². The summed E-state index contributed by atoms with van der Waals surface area (Å²) in [7, 11) is 1.99. The summed E-state index contributed by atoms with van der Waals surface area (Å²) in [5, 5.41) is 12.4. The maximum atomic E-state index is 9.12. The van der Waals surface area contributed by atoms with Gasteiger partial charge in [-0.05, 0) is 32.7 Å². The topological polar surface area (TPSA) is 32.3 Å². The second kappa shape index (κ2) is 3.55. The Morgan fingerprint density at radius 2 is 2.27 bits per heavy atom. The van der Waals surface area contributed by atoms with Crippen LogP contribution in [0.5, 0.6) is 0 Å². The van der Waals surface area contributed by atoms with E-state index in [0.29, 0.717) is 12.5 Å². The molecule has 0 aromatic rings. The number of rotatable bonds is 2. The zero-order chi connectivity index (χ0) is 8.32. The highest BCUT2D eigenvalue weighted by Crippen LogP contribution is 2.32. The first-order chi connectivity index (χ1) is 5.23. The van der Waals surface area contributed by atoms with Crippen molar-refractivity contribution in [2.75, 3.05) is 13.7 Å². The Labute approximate surface area is 69.0 Å². The zero-order valence-electron chi connectivity index (χ0n) is 7.56. The van der Waals surface area contributed by atoms with Crippen LogP contribution in [0.3, 0.4) is 0 Å². The van der Waals surface area contributed by atoms with Crippen LogP contribution in [0.4, 0.5) is 0 Å². The van der Waals surface area contributed by atoms with Gasteiger partial charge in [-0.1, -0.05) is 12.8 Å². The Bertz CT molecular complexity index is 127. The minimum absolute atomic E-state index is 0.188. The van der Waals surface area contributed by atoms with E-state index in [1.54, 1.807) is 0 Å². The highest BCUT2D eigenvalue weighted by Gasteiger charge is 2.34. The SMILES string of the molecule is CN[C@@]1(C)CCCCC1CO. The minimum atomic E-state index is 0.188. The van der Waals surface area contributed by atoms with Crippen molar-refractivity contribution in [3.8, 4) is 0 Å². The van der Waals surface area contributed by atoms with E-state index in [-0.39, 0.29) is 5.54 Å². The predicted octanol–water partition coefficient (Wildman–Crippen LogP) is 1.15. The van der Waals surface area contributed by atoms with E-state index in [2.05, 4.69) is 12.2 Å². The summed E-state index contributed by atoms with van der Waals surface area (Å²) in [4.78, 5) is 0. The lowest BCUT2D eigenvalue weighted by Crippen LogP contribution is -2.50. The molecule has 0 bridgehead atoms. The standard InChI is InChI=1S/C9H19NO/c1-9(10-2)6-4-3-5-8(9)7-11/h8,10-11H,3-7H2,1-2H3/t8?,9-/m0/s1. The molecule has 2 nitrogen and oxygen atoms in total. The Balaban J connectivity index is 2.57. The van der Waals surface area contributed by atoms with Crippen molar-refractivity contribution in [3.63, 3.8) is 0 Å². The molecule has 0 aliphatic heterocycles. The molecule has 2 N–H and O–H groups in total. The van der Waals surface area contributed by atoms with Crippen LogP contribution >= 0.6 is 0 Å². The second-order valence-electron chi connectivity index (χ2n) is 3.79. The first-order valence-electron chi connectivity index (χ1n) is 4.52. The maximum Gasteiger partial charge on any atom is 0.0476 e. The number of nitrogens with one attached hydrogen (secondary N) is 1. The summed E-state index contributed by atoms with van der Waals surface area (Å²) in [5.41, 5.74) is 0.188. The predicted molar refractivity (Wildman–Crippen MR) is 46.5 cm³/mol. The molecule has 2 atom stereocenters. The van der Waals surface area contributed by atoms with Gasteiger partial charge in [-0.25, -0.2) is 0 Å². The van der Waals surface area contributed by atoms with Gasteiger partial charge in [-0.2, -0.15) is 0 Å². The van der Waals surface area contributed by atoms with Gasteiger partial charge in [-0.15, -0.1) is 0 Å². The molecule has 0 aromatic heterocycles. The quantitative estimate of drug-likeness (QED) is 0.630. The summed E-state index contributed by atoms with van der Waals surface area (Å²) in [5.74, 6) is 0.459. The van der Waals surface area contributed by atoms with Gasteiger partial charge in [-0.3, -0.25) is 0 Å². The highest BCUT2D eigenvalue weighted by molar-refractivity contribution is 4.91. The van der Waals surface area contributed by atoms with Crippen molar-refractivity contribution in [1.82, 2.24) is 5.32 Å². The maximum absolute atomic E-state index is 9.12. The number of aliphatic hydroxyl groups excluding tert-OH is 1. The average molecular weight is 157 g/mol. The van der Waals surface area contributed by atoms with Crippen LogP contribution in [0.25, 0.3) is 0 Å². The fraction of sp³-hybridized carbons (Fsp3) is 1.00. The van der Waals surface area contributed by atoms with E-state index in [4.69, 9.17) is 5.11 Å². The summed E-state index contributed by atoms with van der Waals surface area (Å²) >= 11 is 0. The third kappa shape index (κ3) is 1.74. The smallest absolute Gasteiger partial charge is 0.0476 e. The molecule has 1 saturated carbocycles. The molecule has 0 radical (unpaired) electrons. The first-order valence-corrected chi connectivity index (χ1v) is 4.52. The third-order valence-corrected chi connectivity index (χ3v) is 3.19. The van der Waals surface area contributed by atoms with Gasteiger partial charge in [0.2, 0.25) is 0 Å². The Morgan fingerprint density at radius 1 is 1.55 bits per heavy atom. The fourth-order valence-corrected chi connectivity index (χ4v) is 2.03. The van der Waals surface area contributed by atoms with Gasteiger partial charge in [0.15, 0.2) is 0 Å². The molecular formula is C9H19NO. The summed E-state index contributed by atoms with van der Waals surface area (Å²) < 4.78 is 0. The molecule has 1 unspecified atom stereocenters. The third-order valence-electron chi connectivity index (χ3n) is 3.19. The first kappa shape index (κ1) is 9.01. The molecule has 11 heavy (non-hydrogen) atoms. The van der Waals surface area contributed by atoms with Crippen molar-refractivity contribution >= 4 is 0 Å². The Kier molecular flexibility index (Phi) is 2.90. The van der Waals surface area contributed by atoms with Crippen LogP contribution in [0.2, 0.25) is 0 Å². The average Bonchev–Trinajstić information content (AvgIpc) is 2.05. The van der Waals surface area contributed by atoms with Crippen LogP contribution in [-0.4, -0.2) is 24.3 Å². The van der Waals surface area contributed by atoms with E-state index in [9.17, 15) is 0 Å². The van der Waals surface area contributed by atoms with Crippen LogP contribution in [0.1, 0.15) is 32.6 Å². The van der Waals surface area contributed by atoms with Crippen molar-refractivity contribution in [2.45, 2.75) is 38.1 Å². The minimum Gasteiger partial charge on any atom is -0.396 e. The van der Waals surface area contributed by atoms with Gasteiger partial charge >= 0.3 is 0 Å². The second-order valence-corrected chi connectivity index (χ2v) is 3.79. The monoisotopic (exact) mass is 157 g/mol. The van der Waals surface area contributed by atoms with Gasteiger partial charge in [0, 0.05) is 12.1 Å². The van der Waals surface area contributed by atoms with E-state index in [0.717, 1.165) is 0 Å². The molecule has 0 aromatic carbocycles. The van der Waals surface area contributed by atoms with Crippen LogP contribution < -0.4 is 5.32 Å². The van der Waals surface area contributed by atoms with E-state index < -0.39 is 0 Å². The Morgan fingerprint density at radius 3 is 2.73 bits per heavy atom. The van der Waals surface area contributed by atoms with Gasteiger partial charge in [0.1, 0.15) is 0 Å². The van der Waals surface area contributed by atoms with Crippen molar-refractivity contribution in [3.05, 3.63) is 0 Å². The molecule has 66 valence electrons. The van der Waals surface area contributed by atoms with Gasteiger partial charge in [0.25, 0.3) is 0 Å². The lowest BCUT2D eigenvalue weighted by Gasteiger charge is -2.40. The molecule has 0 heterocycles. The molecule has 0 saturated heterocycles. The van der Waals surface area contributed by atoms with Crippen LogP contribution in [0.15, 0.2) is 0 Å². The number of hydrogen-bond acceptors (Lipinski definition) is 2. The van der Waals surface area contributed by atoms with E-state index >= 15 is 0 Å². The number of hydrogen-bond donors (Lipinski definition) is 2. The highest BCUT2D eigenvalue weighted by atomic mass is 16.3. The van der Waals surface area contributed by atoms with Gasteiger partial charge < -0.3 is 10.4 Å². The largest absolute Gasteiger partial charge is 0.396 e. The molecule has 1 aliphatic rings. The van der Waals surface area contributed by atoms with E-state index in [1.165, 1.54) is 25.7 Å². The lowest BCUT2D eigenvalue weighted by molar-refractivity contribution is 0.0989. The lowest BCUT2D eigenvalue weighted by atomic mass is 9.74. The number of aliphatic hydroxyl groups is 1. The Hall–Kier alpha value is -0.0800. The molecule has 1 fully saturated rings. The fourth-order valence-electron chi connectivity index (χ4n) is 2.03. The summed E-state index contributed by atoms with van der Waals surface area (Å²) in [6.07, 6.45) is 4.96. The molecule has 1 rings (SSSR count). The van der Waals surface area contributed by atoms with Crippen molar-refractivity contribution in [2.24, 2.45) is 5.92 Å². The molecule has 0 spiro atoms. The van der Waals surface area contributed by atoms with E-state index in [1.807, 2.05) is 7.05 Å². The normalized spacial score (nSPS) is 39.0. The molecular weight excluding hydrogens is 138 g/mol. The van der Waals surface area contributed by atoms with Crippen molar-refractivity contribution < 1.29 is 5.11 Å².